The molecule has 144 valence electrons. The van der Waals surface area contributed by atoms with Crippen LogP contribution >= 0.6 is 0 Å². The van der Waals surface area contributed by atoms with E-state index < -0.39 is 33.2 Å². The van der Waals surface area contributed by atoms with Crippen molar-refractivity contribution in [2.75, 3.05) is 25.9 Å². The third-order valence-electron chi connectivity index (χ3n) is 5.21. The average Bonchev–Trinajstić information content (AvgIpc) is 2.96. The largest absolute Gasteiger partial charge is 0.416 e. The molecule has 0 radical (unpaired) electrons. The quantitative estimate of drug-likeness (QED) is 0.780. The van der Waals surface area contributed by atoms with Crippen molar-refractivity contribution in [1.82, 2.24) is 9.21 Å². The van der Waals surface area contributed by atoms with E-state index in [0.29, 0.717) is 32.4 Å². The van der Waals surface area contributed by atoms with Gasteiger partial charge in [-0.05, 0) is 43.9 Å². The van der Waals surface area contributed by atoms with Gasteiger partial charge >= 0.3 is 6.18 Å². The van der Waals surface area contributed by atoms with E-state index in [4.69, 9.17) is 0 Å². The van der Waals surface area contributed by atoms with Crippen LogP contribution in [0.15, 0.2) is 24.3 Å². The van der Waals surface area contributed by atoms with Gasteiger partial charge < -0.3 is 4.90 Å². The van der Waals surface area contributed by atoms with E-state index in [2.05, 4.69) is 0 Å². The van der Waals surface area contributed by atoms with Gasteiger partial charge in [-0.25, -0.2) is 8.42 Å². The smallest absolute Gasteiger partial charge is 0.337 e. The van der Waals surface area contributed by atoms with E-state index in [1.807, 2.05) is 0 Å². The van der Waals surface area contributed by atoms with Gasteiger partial charge in [-0.2, -0.15) is 17.5 Å². The molecule has 0 N–H and O–H groups in total. The first kappa shape index (κ1) is 19.2. The maximum Gasteiger partial charge on any atom is 0.416 e. The summed E-state index contributed by atoms with van der Waals surface area (Å²) in [5.41, 5.74) is -1.53. The maximum atomic E-state index is 12.9. The molecule has 1 amide bonds. The Morgan fingerprint density at radius 2 is 1.81 bits per heavy atom. The minimum atomic E-state index is -4.52. The van der Waals surface area contributed by atoms with Crippen LogP contribution in [0.3, 0.4) is 0 Å². The summed E-state index contributed by atoms with van der Waals surface area (Å²) in [6.45, 7) is 1.05. The third kappa shape index (κ3) is 3.59. The van der Waals surface area contributed by atoms with Gasteiger partial charge in [-0.15, -0.1) is 0 Å². The fourth-order valence-corrected chi connectivity index (χ4v) is 5.54. The van der Waals surface area contributed by atoms with Crippen LogP contribution in [-0.4, -0.2) is 55.0 Å². The van der Waals surface area contributed by atoms with E-state index in [-0.39, 0.29) is 12.1 Å². The zero-order chi connectivity index (χ0) is 19.2. The van der Waals surface area contributed by atoms with Crippen molar-refractivity contribution in [2.24, 2.45) is 0 Å². The second kappa shape index (κ2) is 6.53. The second-order valence-electron chi connectivity index (χ2n) is 7.07. The number of hydrogen-bond donors (Lipinski definition) is 0. The third-order valence-corrected chi connectivity index (χ3v) is 6.58. The Morgan fingerprint density at radius 1 is 1.15 bits per heavy atom. The number of carbonyl (C=O) groups is 1. The van der Waals surface area contributed by atoms with Crippen LogP contribution in [0, 0.1) is 0 Å². The van der Waals surface area contributed by atoms with Gasteiger partial charge in [0.1, 0.15) is 0 Å². The lowest BCUT2D eigenvalue weighted by Gasteiger charge is -2.44. The van der Waals surface area contributed by atoms with Crippen LogP contribution in [0.2, 0.25) is 0 Å². The summed E-state index contributed by atoms with van der Waals surface area (Å²) in [5.74, 6) is -0.490. The number of alkyl halides is 3. The molecule has 3 rings (SSSR count). The molecule has 2 aliphatic rings. The summed E-state index contributed by atoms with van der Waals surface area (Å²) in [5, 5.41) is 0. The Labute approximate surface area is 150 Å². The molecule has 2 heterocycles. The van der Waals surface area contributed by atoms with Crippen molar-refractivity contribution in [3.63, 3.8) is 0 Å². The standard InChI is InChI=1S/C17H21F3N2O3S/c1-26(24,25)22-10-4-8-16(22)7-3-9-21(12-16)15(23)13-5-2-6-14(11-13)17(18,19)20/h2,5-6,11H,3-4,7-10,12H2,1H3/t16-/m0/s1. The summed E-state index contributed by atoms with van der Waals surface area (Å²) >= 11 is 0. The van der Waals surface area contributed by atoms with Gasteiger partial charge in [0.2, 0.25) is 10.0 Å². The molecule has 2 saturated heterocycles. The monoisotopic (exact) mass is 390 g/mol. The Morgan fingerprint density at radius 3 is 2.42 bits per heavy atom. The highest BCUT2D eigenvalue weighted by Gasteiger charge is 2.48. The summed E-state index contributed by atoms with van der Waals surface area (Å²) in [6, 6.07) is 4.36. The lowest BCUT2D eigenvalue weighted by Crippen LogP contribution is -2.58. The van der Waals surface area contributed by atoms with Gasteiger partial charge in [0.15, 0.2) is 0 Å². The SMILES string of the molecule is CS(=O)(=O)N1CCC[C@]12CCCN(C(=O)c1cccc(C(F)(F)F)c1)C2. The molecular weight excluding hydrogens is 369 g/mol. The van der Waals surface area contributed by atoms with Gasteiger partial charge in [0.05, 0.1) is 17.4 Å². The number of nitrogens with zero attached hydrogens (tertiary/aromatic N) is 2. The summed E-state index contributed by atoms with van der Waals surface area (Å²) in [7, 11) is -3.40. The van der Waals surface area contributed by atoms with Crippen molar-refractivity contribution in [3.8, 4) is 0 Å². The first-order valence-corrected chi connectivity index (χ1v) is 10.3. The molecule has 9 heteroatoms. The Balaban J connectivity index is 1.85. The van der Waals surface area contributed by atoms with Crippen molar-refractivity contribution < 1.29 is 26.4 Å². The Kier molecular flexibility index (Phi) is 4.81. The molecule has 2 aliphatic heterocycles. The molecule has 2 fully saturated rings. The van der Waals surface area contributed by atoms with Crippen LogP contribution in [0.4, 0.5) is 13.2 Å². The van der Waals surface area contributed by atoms with E-state index in [9.17, 15) is 26.4 Å². The van der Waals surface area contributed by atoms with E-state index >= 15 is 0 Å². The predicted octanol–water partition coefficient (Wildman–Crippen LogP) is 2.74. The van der Waals surface area contributed by atoms with Crippen molar-refractivity contribution in [3.05, 3.63) is 35.4 Å². The molecule has 0 aliphatic carbocycles. The first-order chi connectivity index (χ1) is 12.0. The highest BCUT2D eigenvalue weighted by Crippen LogP contribution is 2.39. The number of hydrogen-bond acceptors (Lipinski definition) is 3. The topological polar surface area (TPSA) is 57.7 Å². The fourth-order valence-electron chi connectivity index (χ4n) is 4.14. The van der Waals surface area contributed by atoms with Crippen LogP contribution < -0.4 is 0 Å². The molecule has 0 unspecified atom stereocenters. The lowest BCUT2D eigenvalue weighted by atomic mass is 9.87. The molecule has 1 aromatic carbocycles. The number of carbonyl (C=O) groups excluding carboxylic acids is 1. The molecule has 0 bridgehead atoms. The zero-order valence-corrected chi connectivity index (χ0v) is 15.2. The van der Waals surface area contributed by atoms with Crippen LogP contribution in [0.1, 0.15) is 41.6 Å². The molecule has 26 heavy (non-hydrogen) atoms. The number of piperidine rings is 1. The number of rotatable bonds is 2. The molecule has 1 spiro atoms. The molecule has 1 aromatic rings. The summed E-state index contributed by atoms with van der Waals surface area (Å²) in [6.07, 6.45) is -0.695. The van der Waals surface area contributed by atoms with Crippen LogP contribution in [0.5, 0.6) is 0 Å². The number of benzene rings is 1. The van der Waals surface area contributed by atoms with Crippen molar-refractivity contribution in [1.29, 1.82) is 0 Å². The van der Waals surface area contributed by atoms with Gasteiger partial charge in [-0.1, -0.05) is 6.07 Å². The van der Waals surface area contributed by atoms with E-state index in [0.717, 1.165) is 24.8 Å². The van der Waals surface area contributed by atoms with Gasteiger partial charge in [0, 0.05) is 25.2 Å². The molecular formula is C17H21F3N2O3S. The van der Waals surface area contributed by atoms with Crippen molar-refractivity contribution >= 4 is 15.9 Å². The summed E-state index contributed by atoms with van der Waals surface area (Å²) in [4.78, 5) is 14.3. The number of amides is 1. The van der Waals surface area contributed by atoms with Gasteiger partial charge in [-0.3, -0.25) is 4.79 Å². The average molecular weight is 390 g/mol. The number of halogens is 3. The minimum Gasteiger partial charge on any atom is -0.337 e. The normalized spacial score (nSPS) is 25.0. The second-order valence-corrected chi connectivity index (χ2v) is 8.98. The molecule has 5 nitrogen and oxygen atoms in total. The van der Waals surface area contributed by atoms with Crippen molar-refractivity contribution in [2.45, 2.75) is 37.4 Å². The Bertz CT molecular complexity index is 810. The van der Waals surface area contributed by atoms with Crippen LogP contribution in [0.25, 0.3) is 0 Å². The maximum absolute atomic E-state index is 12.9. The number of sulfonamides is 1. The van der Waals surface area contributed by atoms with E-state index in [1.165, 1.54) is 21.3 Å². The minimum absolute atomic E-state index is 0.0271. The van der Waals surface area contributed by atoms with E-state index in [1.54, 1.807) is 0 Å². The first-order valence-electron chi connectivity index (χ1n) is 8.47. The molecule has 0 saturated carbocycles. The summed E-state index contributed by atoms with van der Waals surface area (Å²) < 4.78 is 64.4. The zero-order valence-electron chi connectivity index (χ0n) is 14.4. The lowest BCUT2D eigenvalue weighted by molar-refractivity contribution is -0.137. The fraction of sp³-hybridized carbons (Fsp3) is 0.588. The highest BCUT2D eigenvalue weighted by atomic mass is 32.2. The molecule has 0 aromatic heterocycles. The number of likely N-dealkylation sites (tertiary alicyclic amines) is 1. The van der Waals surface area contributed by atoms with Crippen LogP contribution in [-0.2, 0) is 16.2 Å². The van der Waals surface area contributed by atoms with Gasteiger partial charge in [0.25, 0.3) is 5.91 Å². The highest BCUT2D eigenvalue weighted by molar-refractivity contribution is 7.88. The molecule has 1 atom stereocenters. The Hall–Kier alpha value is -1.61. The predicted molar refractivity (Wildman–Crippen MR) is 90.1 cm³/mol.